The number of nitrogens with zero attached hydrogens (tertiary/aromatic N) is 2. The summed E-state index contributed by atoms with van der Waals surface area (Å²) in [6.45, 7) is 2.26. The van der Waals surface area contributed by atoms with Gasteiger partial charge in [0.15, 0.2) is 5.15 Å². The lowest BCUT2D eigenvalue weighted by Gasteiger charge is -2.21. The molecule has 4 heteroatoms. The van der Waals surface area contributed by atoms with Gasteiger partial charge in [-0.15, -0.1) is 5.10 Å². The van der Waals surface area contributed by atoms with Crippen LogP contribution < -0.4 is 5.32 Å². The number of hydrogen-bond acceptors (Lipinski definition) is 3. The molecule has 1 N–H and O–H groups in total. The topological polar surface area (TPSA) is 37.8 Å². The van der Waals surface area contributed by atoms with Crippen molar-refractivity contribution in [1.82, 2.24) is 15.5 Å². The highest BCUT2D eigenvalue weighted by Gasteiger charge is 2.13. The zero-order valence-corrected chi connectivity index (χ0v) is 8.80. The van der Waals surface area contributed by atoms with Gasteiger partial charge in [0.05, 0.1) is 5.69 Å². The van der Waals surface area contributed by atoms with Crippen molar-refractivity contribution >= 4 is 11.6 Å². The predicted molar refractivity (Wildman–Crippen MR) is 56.3 cm³/mol. The molecule has 1 unspecified atom stereocenters. The monoisotopic (exact) mass is 211 g/mol. The van der Waals surface area contributed by atoms with Gasteiger partial charge in [0.1, 0.15) is 0 Å². The zero-order chi connectivity index (χ0) is 9.80. The van der Waals surface area contributed by atoms with Gasteiger partial charge in [-0.2, -0.15) is 5.10 Å². The van der Waals surface area contributed by atoms with Crippen molar-refractivity contribution in [1.29, 1.82) is 0 Å². The van der Waals surface area contributed by atoms with Crippen LogP contribution in [0.3, 0.4) is 0 Å². The molecule has 1 aromatic rings. The highest BCUT2D eigenvalue weighted by atomic mass is 35.5. The Morgan fingerprint density at radius 1 is 1.43 bits per heavy atom. The van der Waals surface area contributed by atoms with Gasteiger partial charge in [0.2, 0.25) is 0 Å². The third kappa shape index (κ3) is 2.66. The lowest BCUT2D eigenvalue weighted by molar-refractivity contribution is 0.372. The molecule has 0 bridgehead atoms. The van der Waals surface area contributed by atoms with Crippen LogP contribution in [0.1, 0.15) is 18.5 Å². The SMILES string of the molecule is Clc1ccc(CC2CCCNC2)nn1. The smallest absolute Gasteiger partial charge is 0.151 e. The highest BCUT2D eigenvalue weighted by molar-refractivity contribution is 6.29. The van der Waals surface area contributed by atoms with Gasteiger partial charge in [-0.3, -0.25) is 0 Å². The molecular formula is C10H14ClN3. The largest absolute Gasteiger partial charge is 0.316 e. The first-order valence-electron chi connectivity index (χ1n) is 5.03. The van der Waals surface area contributed by atoms with E-state index in [1.165, 1.54) is 12.8 Å². The Bertz CT molecular complexity index is 280. The maximum absolute atomic E-state index is 5.67. The van der Waals surface area contributed by atoms with Crippen molar-refractivity contribution < 1.29 is 0 Å². The summed E-state index contributed by atoms with van der Waals surface area (Å²) in [5.74, 6) is 0.708. The minimum atomic E-state index is 0.468. The van der Waals surface area contributed by atoms with E-state index < -0.39 is 0 Å². The minimum absolute atomic E-state index is 0.468. The third-order valence-corrected chi connectivity index (χ3v) is 2.79. The molecular weight excluding hydrogens is 198 g/mol. The van der Waals surface area contributed by atoms with E-state index in [0.717, 1.165) is 25.2 Å². The summed E-state index contributed by atoms with van der Waals surface area (Å²) in [6.07, 6.45) is 3.57. The van der Waals surface area contributed by atoms with Crippen LogP contribution in [0.25, 0.3) is 0 Å². The Balaban J connectivity index is 1.92. The number of hydrogen-bond donors (Lipinski definition) is 1. The molecule has 0 aromatic carbocycles. The summed E-state index contributed by atoms with van der Waals surface area (Å²) in [5, 5.41) is 11.8. The van der Waals surface area contributed by atoms with Crippen LogP contribution in [0.15, 0.2) is 12.1 Å². The number of nitrogens with one attached hydrogen (secondary N) is 1. The Morgan fingerprint density at radius 2 is 2.36 bits per heavy atom. The quantitative estimate of drug-likeness (QED) is 0.809. The fraction of sp³-hybridized carbons (Fsp3) is 0.600. The van der Waals surface area contributed by atoms with Crippen LogP contribution in [0.5, 0.6) is 0 Å². The second-order valence-corrected chi connectivity index (χ2v) is 4.15. The number of rotatable bonds is 2. The summed E-state index contributed by atoms with van der Waals surface area (Å²) in [6, 6.07) is 3.77. The molecule has 0 amide bonds. The fourth-order valence-corrected chi connectivity index (χ4v) is 1.95. The normalized spacial score (nSPS) is 22.2. The first kappa shape index (κ1) is 9.87. The van der Waals surface area contributed by atoms with Gasteiger partial charge in [-0.1, -0.05) is 11.6 Å². The summed E-state index contributed by atoms with van der Waals surface area (Å²) in [5.41, 5.74) is 1.04. The molecule has 1 fully saturated rings. The van der Waals surface area contributed by atoms with E-state index in [2.05, 4.69) is 15.5 Å². The Morgan fingerprint density at radius 3 is 3.00 bits per heavy atom. The summed E-state index contributed by atoms with van der Waals surface area (Å²) >= 11 is 5.67. The van der Waals surface area contributed by atoms with Gasteiger partial charge in [0, 0.05) is 0 Å². The first-order valence-corrected chi connectivity index (χ1v) is 5.41. The lowest BCUT2D eigenvalue weighted by atomic mass is 9.95. The van der Waals surface area contributed by atoms with Crippen molar-refractivity contribution in [2.45, 2.75) is 19.3 Å². The lowest BCUT2D eigenvalue weighted by Crippen LogP contribution is -2.31. The van der Waals surface area contributed by atoms with Gasteiger partial charge in [0.25, 0.3) is 0 Å². The third-order valence-electron chi connectivity index (χ3n) is 2.58. The van der Waals surface area contributed by atoms with Crippen molar-refractivity contribution in [2.75, 3.05) is 13.1 Å². The van der Waals surface area contributed by atoms with Crippen molar-refractivity contribution in [3.8, 4) is 0 Å². The fourth-order valence-electron chi connectivity index (χ4n) is 1.85. The minimum Gasteiger partial charge on any atom is -0.316 e. The molecule has 76 valence electrons. The van der Waals surface area contributed by atoms with Gasteiger partial charge >= 0.3 is 0 Å². The molecule has 1 aliphatic heterocycles. The zero-order valence-electron chi connectivity index (χ0n) is 8.04. The molecule has 0 radical (unpaired) electrons. The van der Waals surface area contributed by atoms with Crippen molar-refractivity contribution in [3.63, 3.8) is 0 Å². The number of piperidine rings is 1. The van der Waals surface area contributed by atoms with Crippen molar-refractivity contribution in [2.24, 2.45) is 5.92 Å². The molecule has 0 spiro atoms. The van der Waals surface area contributed by atoms with Gasteiger partial charge < -0.3 is 5.32 Å². The van der Waals surface area contributed by atoms with E-state index in [1.807, 2.05) is 6.07 Å². The van der Waals surface area contributed by atoms with Crippen LogP contribution in [0.2, 0.25) is 5.15 Å². The Labute approximate surface area is 88.9 Å². The van der Waals surface area contributed by atoms with Gasteiger partial charge in [-0.25, -0.2) is 0 Å². The second kappa shape index (κ2) is 4.71. The highest BCUT2D eigenvalue weighted by Crippen LogP contribution is 2.15. The standard InChI is InChI=1S/C10H14ClN3/c11-10-4-3-9(13-14-10)6-8-2-1-5-12-7-8/h3-4,8,12H,1-2,5-7H2. The molecule has 14 heavy (non-hydrogen) atoms. The molecule has 0 saturated carbocycles. The van der Waals surface area contributed by atoms with Gasteiger partial charge in [-0.05, 0) is 50.4 Å². The van der Waals surface area contributed by atoms with Crippen LogP contribution in [-0.2, 0) is 6.42 Å². The van der Waals surface area contributed by atoms with E-state index >= 15 is 0 Å². The van der Waals surface area contributed by atoms with Crippen LogP contribution >= 0.6 is 11.6 Å². The molecule has 1 atom stereocenters. The van der Waals surface area contributed by atoms with E-state index in [1.54, 1.807) is 6.07 Å². The molecule has 2 rings (SSSR count). The molecule has 1 aliphatic rings. The average Bonchev–Trinajstić information content (AvgIpc) is 2.23. The molecule has 3 nitrogen and oxygen atoms in total. The maximum Gasteiger partial charge on any atom is 0.151 e. The van der Waals surface area contributed by atoms with E-state index in [9.17, 15) is 0 Å². The first-order chi connectivity index (χ1) is 6.84. The summed E-state index contributed by atoms with van der Waals surface area (Å²) < 4.78 is 0. The van der Waals surface area contributed by atoms with Crippen LogP contribution in [0.4, 0.5) is 0 Å². The average molecular weight is 212 g/mol. The summed E-state index contributed by atoms with van der Waals surface area (Å²) in [4.78, 5) is 0. The molecule has 2 heterocycles. The molecule has 0 aliphatic carbocycles. The maximum atomic E-state index is 5.67. The molecule has 1 saturated heterocycles. The predicted octanol–water partition coefficient (Wildman–Crippen LogP) is 1.67. The number of aromatic nitrogens is 2. The summed E-state index contributed by atoms with van der Waals surface area (Å²) in [7, 11) is 0. The van der Waals surface area contributed by atoms with Crippen molar-refractivity contribution in [3.05, 3.63) is 23.0 Å². The second-order valence-electron chi connectivity index (χ2n) is 3.76. The molecule has 1 aromatic heterocycles. The van der Waals surface area contributed by atoms with Crippen LogP contribution in [0, 0.1) is 5.92 Å². The van der Waals surface area contributed by atoms with Crippen LogP contribution in [-0.4, -0.2) is 23.3 Å². The van der Waals surface area contributed by atoms with E-state index in [0.29, 0.717) is 11.1 Å². The van der Waals surface area contributed by atoms with E-state index in [4.69, 9.17) is 11.6 Å². The Hall–Kier alpha value is -0.670. The Kier molecular flexibility index (Phi) is 3.32. The van der Waals surface area contributed by atoms with E-state index in [-0.39, 0.29) is 0 Å². The number of halogens is 1.